The van der Waals surface area contributed by atoms with Crippen molar-refractivity contribution in [3.8, 4) is 0 Å². The Balaban J connectivity index is -0.00000000500. The van der Waals surface area contributed by atoms with Gasteiger partial charge in [0.2, 0.25) is 0 Å². The summed E-state index contributed by atoms with van der Waals surface area (Å²) in [6.07, 6.45) is 0. The molecule has 0 unspecified atom stereocenters. The quantitative estimate of drug-likeness (QED) is 0.539. The minimum atomic E-state index is 0. The summed E-state index contributed by atoms with van der Waals surface area (Å²) in [7, 11) is 4.25. The van der Waals surface area contributed by atoms with Crippen molar-refractivity contribution in [1.82, 2.24) is 0 Å². The molecule has 0 aliphatic rings. The molecule has 0 aromatic heterocycles. The van der Waals surface area contributed by atoms with Crippen LogP contribution in [0.5, 0.6) is 0 Å². The van der Waals surface area contributed by atoms with Crippen LogP contribution in [-0.4, -0.2) is 25.8 Å². The van der Waals surface area contributed by atoms with Crippen LogP contribution >= 0.6 is 8.65 Å². The summed E-state index contributed by atoms with van der Waals surface area (Å²) in [4.78, 5) is 0. The molecular formula is H3CdCuInS. The molecule has 1 radical (unpaired) electrons. The molecule has 4 heteroatoms. The zero-order valence-electron chi connectivity index (χ0n) is 1.42. The van der Waals surface area contributed by atoms with Gasteiger partial charge in [-0.1, -0.05) is 0 Å². The first-order valence-electron chi connectivity index (χ1n) is 0.289. The van der Waals surface area contributed by atoms with Crippen molar-refractivity contribution in [2.45, 2.75) is 0 Å². The molecule has 0 fully saturated rings. The van der Waals surface area contributed by atoms with Gasteiger partial charge in [-0.25, -0.2) is 0 Å². The fourth-order valence-electron chi connectivity index (χ4n) is 0. The van der Waals surface area contributed by atoms with Crippen LogP contribution in [0.4, 0.5) is 0 Å². The fraction of sp³-hybridized carbons (Fsp3) is 0. The first-order chi connectivity index (χ1) is 1.00. The van der Waals surface area contributed by atoms with Crippen LogP contribution in [0.25, 0.3) is 0 Å². The van der Waals surface area contributed by atoms with Gasteiger partial charge < -0.3 is 0 Å². The average Bonchev–Trinajstić information content (AvgIpc) is 1.00. The molecule has 25 valence electrons. The van der Waals surface area contributed by atoms with E-state index in [0.717, 1.165) is 23.7 Å². The second-order valence-corrected chi connectivity index (χ2v) is 0. The molecule has 0 saturated heterocycles. The summed E-state index contributed by atoms with van der Waals surface area (Å²) in [5.41, 5.74) is 0. The van der Waals surface area contributed by atoms with Crippen molar-refractivity contribution >= 4 is 34.5 Å². The number of hydrogen-bond donors (Lipinski definition) is 0. The third kappa shape index (κ3) is 8.82. The fourth-order valence-corrected chi connectivity index (χ4v) is 0. The van der Waals surface area contributed by atoms with E-state index in [2.05, 4.69) is 8.65 Å². The van der Waals surface area contributed by atoms with Gasteiger partial charge in [0.25, 0.3) is 0 Å². The van der Waals surface area contributed by atoms with Crippen molar-refractivity contribution in [3.63, 3.8) is 0 Å². The van der Waals surface area contributed by atoms with Crippen molar-refractivity contribution < 1.29 is 40.8 Å². The van der Waals surface area contributed by atoms with Gasteiger partial charge in [-0.2, -0.15) is 0 Å². The zero-order valence-corrected chi connectivity index (χ0v) is 7.21. The van der Waals surface area contributed by atoms with Crippen molar-refractivity contribution in [1.29, 1.82) is 0 Å². The summed E-state index contributed by atoms with van der Waals surface area (Å²) < 4.78 is 0. The van der Waals surface area contributed by atoms with Crippen molar-refractivity contribution in [3.05, 3.63) is 0 Å². The van der Waals surface area contributed by atoms with E-state index < -0.39 is 0 Å². The Hall–Kier alpha value is 2.53. The van der Waals surface area contributed by atoms with Crippen LogP contribution in [0.1, 0.15) is 0 Å². The van der Waals surface area contributed by atoms with Gasteiger partial charge >= 0.3 is 58.2 Å². The zero-order chi connectivity index (χ0) is 2.00. The van der Waals surface area contributed by atoms with E-state index in [1.165, 1.54) is 0 Å². The molecule has 0 aromatic rings. The maximum atomic E-state index is 4.25. The summed E-state index contributed by atoms with van der Waals surface area (Å²) in [6, 6.07) is 0. The topological polar surface area (TPSA) is 0 Å². The average molecular weight is 326 g/mol. The number of rotatable bonds is 0. The summed E-state index contributed by atoms with van der Waals surface area (Å²) in [5.74, 6) is 0. The molecule has 0 bridgehead atoms. The molecule has 0 spiro atoms. The van der Waals surface area contributed by atoms with E-state index in [1.807, 2.05) is 0 Å². The third-order valence-corrected chi connectivity index (χ3v) is 0. The van der Waals surface area contributed by atoms with Gasteiger partial charge in [-0.15, -0.1) is 0 Å². The van der Waals surface area contributed by atoms with E-state index in [-0.39, 0.29) is 42.9 Å². The minimum absolute atomic E-state index is 0. The van der Waals surface area contributed by atoms with E-state index >= 15 is 0 Å². The van der Waals surface area contributed by atoms with Crippen LogP contribution in [0, 0.1) is 0 Å². The molecular weight excluding hydrogens is 323 g/mol. The van der Waals surface area contributed by atoms with Gasteiger partial charge in [0.15, 0.2) is 0 Å². The monoisotopic (exact) mass is 327 g/mol. The molecule has 0 heterocycles. The predicted molar refractivity (Wildman–Crippen MR) is 17.5 cm³/mol. The first kappa shape index (κ1) is 16.0. The Morgan fingerprint density at radius 2 is 1.25 bits per heavy atom. The second kappa shape index (κ2) is 17.7. The molecule has 0 rings (SSSR count). The van der Waals surface area contributed by atoms with Crippen LogP contribution in [0.3, 0.4) is 0 Å². The molecule has 0 N–H and O–H groups in total. The maximum absolute atomic E-state index is 4.25. The molecule has 4 heavy (non-hydrogen) atoms. The molecule has 0 aliphatic heterocycles. The van der Waals surface area contributed by atoms with Crippen molar-refractivity contribution in [2.75, 3.05) is 0 Å². The summed E-state index contributed by atoms with van der Waals surface area (Å²) in [5, 5.41) is 0. The van der Waals surface area contributed by atoms with Gasteiger partial charge in [0.1, 0.15) is 0 Å². The van der Waals surface area contributed by atoms with Gasteiger partial charge in [-0.3, -0.25) is 0 Å². The van der Waals surface area contributed by atoms with E-state index in [4.69, 9.17) is 0 Å². The second-order valence-electron chi connectivity index (χ2n) is 0. The van der Waals surface area contributed by atoms with E-state index in [1.54, 1.807) is 0 Å². The molecule has 0 amide bonds. The van der Waals surface area contributed by atoms with E-state index in [0.29, 0.717) is 0 Å². The van der Waals surface area contributed by atoms with Crippen LogP contribution in [0.15, 0.2) is 0 Å². The Kier molecular flexibility index (Phi) is 71.0. The van der Waals surface area contributed by atoms with Crippen LogP contribution < -0.4 is 0 Å². The summed E-state index contributed by atoms with van der Waals surface area (Å²) >= 11 is 0.733. The molecule has 0 aromatic carbocycles. The van der Waals surface area contributed by atoms with E-state index in [9.17, 15) is 0 Å². The molecule has 0 saturated carbocycles. The Morgan fingerprint density at radius 3 is 1.25 bits per heavy atom. The Bertz CT molecular complexity index is 8.00. The molecule has 0 aliphatic carbocycles. The van der Waals surface area contributed by atoms with Crippen LogP contribution in [-0.2, 0) is 40.8 Å². The van der Waals surface area contributed by atoms with Gasteiger partial charge in [-0.05, 0) is 0 Å². The first-order valence-corrected chi connectivity index (χ1v) is 5.81. The predicted octanol–water partition coefficient (Wildman–Crippen LogP) is -0.541. The SMILES string of the molecule is [Cu].[InH3].[S]=[Cd]. The number of hydrogen-bond acceptors (Lipinski definition) is 1. The Labute approximate surface area is 73.9 Å². The molecule has 0 atom stereocenters. The van der Waals surface area contributed by atoms with Gasteiger partial charge in [0, 0.05) is 17.1 Å². The third-order valence-electron chi connectivity index (χ3n) is 0. The standard InChI is InChI=1S/Cd.Cu.In.S.3H. The Morgan fingerprint density at radius 1 is 1.25 bits per heavy atom. The van der Waals surface area contributed by atoms with Crippen molar-refractivity contribution in [2.24, 2.45) is 0 Å². The summed E-state index contributed by atoms with van der Waals surface area (Å²) in [6.45, 7) is 0. The normalized spacial score (nSPS) is 1.50. The molecule has 0 nitrogen and oxygen atoms in total. The van der Waals surface area contributed by atoms with Crippen LogP contribution in [0.2, 0.25) is 0 Å². The van der Waals surface area contributed by atoms with Gasteiger partial charge in [0.05, 0.1) is 0 Å².